The van der Waals surface area contributed by atoms with E-state index in [-0.39, 0.29) is 39.6 Å². The number of nitrogens with one attached hydrogen (secondary N) is 1. The first-order valence-electron chi connectivity index (χ1n) is 8.92. The predicted octanol–water partition coefficient (Wildman–Crippen LogP) is 2.67. The van der Waals surface area contributed by atoms with Gasteiger partial charge in [-0.3, -0.25) is 4.79 Å². The second-order valence-electron chi connectivity index (χ2n) is 7.29. The van der Waals surface area contributed by atoms with Gasteiger partial charge in [0, 0.05) is 31.7 Å². The Bertz CT molecular complexity index is 796. The normalized spacial score (nSPS) is 25.7. The largest absolute Gasteiger partial charge is 0.378 e. The molecule has 6 nitrogen and oxygen atoms in total. The average Bonchev–Trinajstić information content (AvgIpc) is 2.58. The molecular formula is C18H25ClN2O4S. The van der Waals surface area contributed by atoms with Crippen LogP contribution in [0.5, 0.6) is 0 Å². The van der Waals surface area contributed by atoms with Crippen molar-refractivity contribution in [3.05, 3.63) is 28.8 Å². The fraction of sp³-hybridized carbons (Fsp3) is 0.611. The van der Waals surface area contributed by atoms with E-state index in [9.17, 15) is 13.2 Å². The second kappa shape index (κ2) is 7.46. The molecule has 1 aliphatic heterocycles. The fourth-order valence-electron chi connectivity index (χ4n) is 3.49. The SMILES string of the molecule is CC(C)N(C)S(=O)(=O)c1ccc(Cl)c(C(=O)N[C@@H]2C[C@H]3OCCC[C@@H]23)c1. The first-order chi connectivity index (χ1) is 12.2. The highest BCUT2D eigenvalue weighted by Gasteiger charge is 2.44. The summed E-state index contributed by atoms with van der Waals surface area (Å²) in [5.74, 6) is -0.00117. The molecule has 0 unspecified atom stereocenters. The van der Waals surface area contributed by atoms with Crippen LogP contribution in [-0.4, -0.2) is 50.5 Å². The number of hydrogen-bond donors (Lipinski definition) is 1. The number of amides is 1. The van der Waals surface area contributed by atoms with Crippen LogP contribution in [0.1, 0.15) is 43.5 Å². The molecule has 0 aromatic heterocycles. The Kier molecular flexibility index (Phi) is 5.63. The number of ether oxygens (including phenoxy) is 1. The number of nitrogens with zero attached hydrogens (tertiary/aromatic N) is 1. The molecule has 0 bridgehead atoms. The summed E-state index contributed by atoms with van der Waals surface area (Å²) in [6.45, 7) is 4.37. The number of benzene rings is 1. The van der Waals surface area contributed by atoms with Gasteiger partial charge in [-0.2, -0.15) is 4.31 Å². The summed E-state index contributed by atoms with van der Waals surface area (Å²) < 4.78 is 32.3. The molecule has 1 aliphatic carbocycles. The van der Waals surface area contributed by atoms with Crippen molar-refractivity contribution in [3.8, 4) is 0 Å². The van der Waals surface area contributed by atoms with Gasteiger partial charge in [-0.25, -0.2) is 8.42 Å². The minimum atomic E-state index is -3.68. The number of carbonyl (C=O) groups is 1. The summed E-state index contributed by atoms with van der Waals surface area (Å²) in [5, 5.41) is 3.23. The molecule has 8 heteroatoms. The zero-order valence-electron chi connectivity index (χ0n) is 15.2. The van der Waals surface area contributed by atoms with E-state index in [4.69, 9.17) is 16.3 Å². The standard InChI is InChI=1S/C18H25ClN2O4S/c1-11(2)21(3)26(23,24)12-6-7-15(19)14(9-12)18(22)20-16-10-17-13(16)5-4-8-25-17/h6-7,9,11,13,16-17H,4-5,8,10H2,1-3H3,(H,20,22)/t13-,16+,17+/m0/s1. The third-order valence-corrected chi connectivity index (χ3v) is 7.76. The third-order valence-electron chi connectivity index (χ3n) is 5.40. The molecule has 1 N–H and O–H groups in total. The molecule has 3 rings (SSSR count). The zero-order valence-corrected chi connectivity index (χ0v) is 16.8. The van der Waals surface area contributed by atoms with Crippen LogP contribution in [0, 0.1) is 5.92 Å². The molecule has 2 fully saturated rings. The van der Waals surface area contributed by atoms with Crippen molar-refractivity contribution in [2.75, 3.05) is 13.7 Å². The number of sulfonamides is 1. The number of fused-ring (bicyclic) bond motifs is 1. The van der Waals surface area contributed by atoms with Gasteiger partial charge in [0.15, 0.2) is 0 Å². The van der Waals surface area contributed by atoms with Crippen molar-refractivity contribution in [2.24, 2.45) is 5.92 Å². The topological polar surface area (TPSA) is 75.7 Å². The van der Waals surface area contributed by atoms with Crippen LogP contribution in [0.15, 0.2) is 23.1 Å². The molecule has 26 heavy (non-hydrogen) atoms. The van der Waals surface area contributed by atoms with Gasteiger partial charge in [-0.1, -0.05) is 11.6 Å². The van der Waals surface area contributed by atoms with Crippen LogP contribution in [0.25, 0.3) is 0 Å². The molecule has 1 aromatic carbocycles. The second-order valence-corrected chi connectivity index (χ2v) is 9.69. The molecule has 1 aromatic rings. The van der Waals surface area contributed by atoms with Crippen LogP contribution < -0.4 is 5.32 Å². The minimum absolute atomic E-state index is 0.0578. The fourth-order valence-corrected chi connectivity index (χ4v) is 5.09. The maximum absolute atomic E-state index is 12.7. The van der Waals surface area contributed by atoms with E-state index in [1.807, 2.05) is 0 Å². The quantitative estimate of drug-likeness (QED) is 0.824. The molecule has 144 valence electrons. The Morgan fingerprint density at radius 2 is 2.12 bits per heavy atom. The van der Waals surface area contributed by atoms with Gasteiger partial charge in [-0.05, 0) is 51.3 Å². The van der Waals surface area contributed by atoms with Crippen LogP contribution in [0.3, 0.4) is 0 Å². The summed E-state index contributed by atoms with van der Waals surface area (Å²) in [7, 11) is -2.16. The lowest BCUT2D eigenvalue weighted by atomic mass is 9.72. The maximum atomic E-state index is 12.7. The number of hydrogen-bond acceptors (Lipinski definition) is 4. The van der Waals surface area contributed by atoms with Gasteiger partial charge in [0.1, 0.15) is 0 Å². The molecular weight excluding hydrogens is 376 g/mol. The molecule has 1 amide bonds. The zero-order chi connectivity index (χ0) is 19.1. The van der Waals surface area contributed by atoms with Gasteiger partial charge in [0.2, 0.25) is 10.0 Å². The smallest absolute Gasteiger partial charge is 0.253 e. The summed E-state index contributed by atoms with van der Waals surface area (Å²) >= 11 is 6.17. The summed E-state index contributed by atoms with van der Waals surface area (Å²) in [4.78, 5) is 12.7. The van der Waals surface area contributed by atoms with Crippen molar-refractivity contribution in [2.45, 2.75) is 56.2 Å². The Hall–Kier alpha value is -1.15. The first kappa shape index (κ1) is 19.6. The van der Waals surface area contributed by atoms with E-state index in [2.05, 4.69) is 5.32 Å². The maximum Gasteiger partial charge on any atom is 0.253 e. The Balaban J connectivity index is 1.78. The number of halogens is 1. The van der Waals surface area contributed by atoms with E-state index in [1.54, 1.807) is 13.8 Å². The average molecular weight is 401 g/mol. The van der Waals surface area contributed by atoms with Crippen LogP contribution >= 0.6 is 11.6 Å². The van der Waals surface area contributed by atoms with Crippen LogP contribution in [0.4, 0.5) is 0 Å². The monoisotopic (exact) mass is 400 g/mol. The van der Waals surface area contributed by atoms with Crippen molar-refractivity contribution >= 4 is 27.5 Å². The van der Waals surface area contributed by atoms with E-state index in [0.717, 1.165) is 25.9 Å². The van der Waals surface area contributed by atoms with Gasteiger partial charge in [0.25, 0.3) is 5.91 Å². The highest BCUT2D eigenvalue weighted by atomic mass is 35.5. The first-order valence-corrected chi connectivity index (χ1v) is 10.7. The molecule has 2 aliphatic rings. The molecule has 1 saturated carbocycles. The van der Waals surface area contributed by atoms with E-state index >= 15 is 0 Å². The predicted molar refractivity (Wildman–Crippen MR) is 99.9 cm³/mol. The Morgan fingerprint density at radius 1 is 1.38 bits per heavy atom. The van der Waals surface area contributed by atoms with Crippen LogP contribution in [-0.2, 0) is 14.8 Å². The highest BCUT2D eigenvalue weighted by Crippen LogP contribution is 2.38. The van der Waals surface area contributed by atoms with Gasteiger partial charge >= 0.3 is 0 Å². The third kappa shape index (κ3) is 3.63. The van der Waals surface area contributed by atoms with E-state index in [1.165, 1.54) is 29.6 Å². The van der Waals surface area contributed by atoms with Crippen LogP contribution in [0.2, 0.25) is 5.02 Å². The lowest BCUT2D eigenvalue weighted by molar-refractivity contribution is -0.100. The van der Waals surface area contributed by atoms with Crippen molar-refractivity contribution in [3.63, 3.8) is 0 Å². The van der Waals surface area contributed by atoms with Gasteiger partial charge < -0.3 is 10.1 Å². The van der Waals surface area contributed by atoms with Crippen molar-refractivity contribution in [1.82, 2.24) is 9.62 Å². The molecule has 1 heterocycles. The minimum Gasteiger partial charge on any atom is -0.378 e. The van der Waals surface area contributed by atoms with E-state index in [0.29, 0.717) is 5.92 Å². The highest BCUT2D eigenvalue weighted by molar-refractivity contribution is 7.89. The summed E-state index contributed by atoms with van der Waals surface area (Å²) in [6.07, 6.45) is 3.07. The van der Waals surface area contributed by atoms with E-state index < -0.39 is 10.0 Å². The molecule has 0 radical (unpaired) electrons. The Labute approximate surface area is 159 Å². The van der Waals surface area contributed by atoms with Gasteiger partial charge in [0.05, 0.1) is 21.6 Å². The Morgan fingerprint density at radius 3 is 2.77 bits per heavy atom. The number of rotatable bonds is 5. The molecule has 1 saturated heterocycles. The molecule has 0 spiro atoms. The van der Waals surface area contributed by atoms with Crippen molar-refractivity contribution in [1.29, 1.82) is 0 Å². The van der Waals surface area contributed by atoms with Crippen molar-refractivity contribution < 1.29 is 17.9 Å². The molecule has 3 atom stereocenters. The number of carbonyl (C=O) groups excluding carboxylic acids is 1. The lowest BCUT2D eigenvalue weighted by Gasteiger charge is -2.47. The lowest BCUT2D eigenvalue weighted by Crippen LogP contribution is -2.57. The van der Waals surface area contributed by atoms with Gasteiger partial charge in [-0.15, -0.1) is 0 Å². The summed E-state index contributed by atoms with van der Waals surface area (Å²) in [5.41, 5.74) is 0.185. The summed E-state index contributed by atoms with van der Waals surface area (Å²) in [6, 6.07) is 4.12.